The molecule has 2 heteroatoms. The van der Waals surface area contributed by atoms with Crippen molar-refractivity contribution < 1.29 is 4.48 Å². The van der Waals surface area contributed by atoms with Crippen LogP contribution in [0.5, 0.6) is 0 Å². The van der Waals surface area contributed by atoms with Gasteiger partial charge in [-0.1, -0.05) is 175 Å². The van der Waals surface area contributed by atoms with Gasteiger partial charge in [0.2, 0.25) is 0 Å². The van der Waals surface area contributed by atoms with Crippen molar-refractivity contribution in [1.82, 2.24) is 6.15 Å². The number of hydrogen-bond acceptors (Lipinski definition) is 1. The van der Waals surface area contributed by atoms with Crippen LogP contribution in [0.15, 0.2) is 0 Å². The lowest BCUT2D eigenvalue weighted by molar-refractivity contribution is -0.910. The second-order valence-corrected chi connectivity index (χ2v) is 13.3. The fourth-order valence-corrected chi connectivity index (χ4v) is 6.28. The molecule has 0 radical (unpaired) electrons. The summed E-state index contributed by atoms with van der Waals surface area (Å²) in [6, 6.07) is 0. The normalized spacial score (nSPS) is 11.7. The molecule has 39 heavy (non-hydrogen) atoms. The molecule has 0 atom stereocenters. The minimum atomic E-state index is 0. The van der Waals surface area contributed by atoms with Gasteiger partial charge in [0, 0.05) is 0 Å². The molecule has 0 aromatic carbocycles. The van der Waals surface area contributed by atoms with Crippen molar-refractivity contribution in [1.29, 1.82) is 0 Å². The van der Waals surface area contributed by atoms with Crippen LogP contribution in [0, 0.1) is 0 Å². The molecule has 0 saturated carbocycles. The minimum absolute atomic E-state index is 0. The maximum absolute atomic E-state index is 2.61. The van der Waals surface area contributed by atoms with Gasteiger partial charge in [-0.3, -0.25) is 0 Å². The van der Waals surface area contributed by atoms with Gasteiger partial charge in [0.25, 0.3) is 0 Å². The van der Waals surface area contributed by atoms with Gasteiger partial charge in [0.1, 0.15) is 0 Å². The largest absolute Gasteiger partial charge is 0.344 e. The predicted molar refractivity (Wildman–Crippen MR) is 181 cm³/mol. The Morgan fingerprint density at radius 3 is 0.590 bits per heavy atom. The number of unbranched alkanes of at least 4 members (excludes halogenated alkanes) is 27. The molecule has 0 rings (SSSR count). The highest BCUT2D eigenvalue weighted by Gasteiger charge is 2.20. The van der Waals surface area contributed by atoms with E-state index in [2.05, 4.69) is 27.8 Å². The summed E-state index contributed by atoms with van der Waals surface area (Å²) < 4.78 is 1.37. The molecular formula is C37H81N2+. The minimum Gasteiger partial charge on any atom is -0.344 e. The Kier molecular flexibility index (Phi) is 35.9. The maximum Gasteiger partial charge on any atom is 0.0784 e. The van der Waals surface area contributed by atoms with Gasteiger partial charge in [-0.2, -0.15) is 0 Å². The molecule has 0 bridgehead atoms. The second kappa shape index (κ2) is 34.1. The zero-order valence-corrected chi connectivity index (χ0v) is 28.5. The smallest absolute Gasteiger partial charge is 0.0784 e. The van der Waals surface area contributed by atoms with E-state index in [1.54, 1.807) is 0 Å². The number of nitrogens with zero attached hydrogens (tertiary/aromatic N) is 1. The van der Waals surface area contributed by atoms with Crippen LogP contribution >= 0.6 is 0 Å². The lowest BCUT2D eigenvalue weighted by Gasteiger charge is -2.35. The highest BCUT2D eigenvalue weighted by molar-refractivity contribution is 4.53. The fourth-order valence-electron chi connectivity index (χ4n) is 6.28. The van der Waals surface area contributed by atoms with Crippen molar-refractivity contribution in [3.05, 3.63) is 0 Å². The van der Waals surface area contributed by atoms with Crippen molar-refractivity contribution in [3.63, 3.8) is 0 Å². The number of quaternary nitrogens is 1. The predicted octanol–water partition coefficient (Wildman–Crippen LogP) is 13.4. The summed E-state index contributed by atoms with van der Waals surface area (Å²) in [4.78, 5) is 0. The summed E-state index contributed by atoms with van der Waals surface area (Å²) in [5.41, 5.74) is 0. The summed E-state index contributed by atoms with van der Waals surface area (Å²) in [6.45, 7) is 11.3. The van der Waals surface area contributed by atoms with E-state index in [1.807, 2.05) is 0 Å². The van der Waals surface area contributed by atoms with Gasteiger partial charge in [-0.25, -0.2) is 0 Å². The summed E-state index contributed by atoms with van der Waals surface area (Å²) in [7, 11) is 2.61. The topological polar surface area (TPSA) is 35.0 Å². The molecule has 0 amide bonds. The van der Waals surface area contributed by atoms with Crippen molar-refractivity contribution >= 4 is 0 Å². The van der Waals surface area contributed by atoms with Crippen LogP contribution in [0.4, 0.5) is 0 Å². The molecule has 2 nitrogen and oxygen atoms in total. The van der Waals surface area contributed by atoms with Gasteiger partial charge in [0.15, 0.2) is 0 Å². The Balaban J connectivity index is 0. The summed E-state index contributed by atoms with van der Waals surface area (Å²) in [5, 5.41) is 0. The Morgan fingerprint density at radius 1 is 0.256 bits per heavy atom. The fraction of sp³-hybridized carbons (Fsp3) is 1.00. The van der Waals surface area contributed by atoms with E-state index in [9.17, 15) is 0 Å². The molecule has 238 valence electrons. The monoisotopic (exact) mass is 554 g/mol. The quantitative estimate of drug-likeness (QED) is 0.0636. The van der Waals surface area contributed by atoms with E-state index >= 15 is 0 Å². The van der Waals surface area contributed by atoms with E-state index in [-0.39, 0.29) is 6.15 Å². The zero-order valence-electron chi connectivity index (χ0n) is 28.5. The number of rotatable bonds is 33. The lowest BCUT2D eigenvalue weighted by Crippen LogP contribution is -2.46. The summed E-state index contributed by atoms with van der Waals surface area (Å²) in [5.74, 6) is 0. The van der Waals surface area contributed by atoms with E-state index in [0.29, 0.717) is 0 Å². The standard InChI is InChI=1S/C37H78N.H3N/c1-5-8-11-14-17-20-23-26-29-32-35-38(4,36-33-30-27-24-21-18-15-12-9-6-2)37-34-31-28-25-22-19-16-13-10-7-3;/h5-37H2,1-4H3;1H3/q+1;. The molecule has 0 fully saturated rings. The van der Waals surface area contributed by atoms with E-state index in [1.165, 1.54) is 217 Å². The average Bonchev–Trinajstić information content (AvgIpc) is 2.92. The van der Waals surface area contributed by atoms with Gasteiger partial charge in [-0.05, 0) is 38.5 Å². The molecule has 0 aromatic rings. The Labute approximate surface area is 250 Å². The zero-order chi connectivity index (χ0) is 27.8. The van der Waals surface area contributed by atoms with Crippen LogP contribution in [0.25, 0.3) is 0 Å². The van der Waals surface area contributed by atoms with Gasteiger partial charge >= 0.3 is 0 Å². The van der Waals surface area contributed by atoms with Gasteiger partial charge in [0.05, 0.1) is 26.7 Å². The highest BCUT2D eigenvalue weighted by Crippen LogP contribution is 2.18. The highest BCUT2D eigenvalue weighted by atomic mass is 15.3. The third-order valence-corrected chi connectivity index (χ3v) is 9.15. The molecule has 0 unspecified atom stereocenters. The molecule has 0 aliphatic rings. The van der Waals surface area contributed by atoms with Crippen LogP contribution in [-0.4, -0.2) is 31.2 Å². The molecule has 0 aliphatic carbocycles. The van der Waals surface area contributed by atoms with Crippen LogP contribution in [-0.2, 0) is 0 Å². The van der Waals surface area contributed by atoms with E-state index in [4.69, 9.17) is 0 Å². The Bertz CT molecular complexity index is 362. The molecule has 0 aromatic heterocycles. The van der Waals surface area contributed by atoms with Crippen molar-refractivity contribution in [2.75, 3.05) is 26.7 Å². The number of hydrogen-bond donors (Lipinski definition) is 1. The molecule has 0 heterocycles. The first-order valence-electron chi connectivity index (χ1n) is 18.5. The van der Waals surface area contributed by atoms with E-state index in [0.717, 1.165) is 0 Å². The van der Waals surface area contributed by atoms with Crippen molar-refractivity contribution in [2.45, 2.75) is 213 Å². The Hall–Kier alpha value is -0.0800. The van der Waals surface area contributed by atoms with Crippen LogP contribution in [0.1, 0.15) is 213 Å². The molecule has 0 spiro atoms. The molecule has 3 N–H and O–H groups in total. The van der Waals surface area contributed by atoms with Crippen LogP contribution < -0.4 is 6.15 Å². The first kappa shape index (κ1) is 41.1. The third kappa shape index (κ3) is 32.3. The van der Waals surface area contributed by atoms with Gasteiger partial charge < -0.3 is 10.6 Å². The SMILES string of the molecule is CCCCCCCCCCCC[N+](C)(CCCCCCCCCCCC)CCCCCCCCCCCC.N. The van der Waals surface area contributed by atoms with E-state index < -0.39 is 0 Å². The molecule has 0 aliphatic heterocycles. The third-order valence-electron chi connectivity index (χ3n) is 9.15. The van der Waals surface area contributed by atoms with Crippen molar-refractivity contribution in [3.8, 4) is 0 Å². The first-order valence-corrected chi connectivity index (χ1v) is 18.5. The maximum atomic E-state index is 2.61. The summed E-state index contributed by atoms with van der Waals surface area (Å²) in [6.07, 6.45) is 43.8. The van der Waals surface area contributed by atoms with Crippen molar-refractivity contribution in [2.24, 2.45) is 0 Å². The van der Waals surface area contributed by atoms with Crippen LogP contribution in [0.3, 0.4) is 0 Å². The average molecular weight is 554 g/mol. The van der Waals surface area contributed by atoms with Crippen LogP contribution in [0.2, 0.25) is 0 Å². The second-order valence-electron chi connectivity index (χ2n) is 13.3. The summed E-state index contributed by atoms with van der Waals surface area (Å²) >= 11 is 0. The molecular weight excluding hydrogens is 472 g/mol. The lowest BCUT2D eigenvalue weighted by atomic mass is 10.0. The molecule has 0 saturated heterocycles. The Morgan fingerprint density at radius 2 is 0.410 bits per heavy atom. The first-order chi connectivity index (χ1) is 18.7. The van der Waals surface area contributed by atoms with Gasteiger partial charge in [-0.15, -0.1) is 0 Å².